The molecule has 0 fully saturated rings. The van der Waals surface area contributed by atoms with Crippen LogP contribution >= 0.6 is 0 Å². The minimum Gasteiger partial charge on any atom is -0.481 e. The predicted molar refractivity (Wildman–Crippen MR) is 84.1 cm³/mol. The molecule has 1 unspecified atom stereocenters. The van der Waals surface area contributed by atoms with Crippen molar-refractivity contribution in [2.75, 3.05) is 0 Å². The fourth-order valence-corrected chi connectivity index (χ4v) is 2.02. The number of aryl methyl sites for hydroxylation is 1. The lowest BCUT2D eigenvalue weighted by Crippen LogP contribution is -2.36. The van der Waals surface area contributed by atoms with Crippen LogP contribution in [0.3, 0.4) is 0 Å². The highest BCUT2D eigenvalue weighted by Crippen LogP contribution is 2.14. The molecule has 0 spiro atoms. The molecule has 122 valence electrons. The molecule has 1 atom stereocenters. The fourth-order valence-electron chi connectivity index (χ4n) is 2.02. The van der Waals surface area contributed by atoms with Crippen LogP contribution in [0.5, 0.6) is 5.75 Å². The second-order valence-corrected chi connectivity index (χ2v) is 5.09. The van der Waals surface area contributed by atoms with E-state index in [2.05, 4.69) is 15.5 Å². The highest BCUT2D eigenvalue weighted by molar-refractivity contribution is 5.94. The number of ether oxygens (including phenoxy) is 1. The van der Waals surface area contributed by atoms with E-state index < -0.39 is 6.10 Å². The Morgan fingerprint density at radius 1 is 1.30 bits per heavy atom. The molecule has 1 aromatic carbocycles. The quantitative estimate of drug-likeness (QED) is 0.784. The second-order valence-electron chi connectivity index (χ2n) is 5.09. The average Bonchev–Trinajstić information content (AvgIpc) is 3.00. The number of hydrogen-bond acceptors (Lipinski definition) is 5. The third kappa shape index (κ3) is 4.38. The van der Waals surface area contributed by atoms with Crippen LogP contribution in [-0.2, 0) is 17.9 Å². The molecule has 0 aliphatic carbocycles. The maximum Gasteiger partial charge on any atom is 0.261 e. The molecule has 0 radical (unpaired) electrons. The van der Waals surface area contributed by atoms with E-state index in [-0.39, 0.29) is 11.7 Å². The Morgan fingerprint density at radius 2 is 2.00 bits per heavy atom. The average molecular weight is 316 g/mol. The molecule has 0 aliphatic heterocycles. The van der Waals surface area contributed by atoms with Crippen molar-refractivity contribution in [3.05, 3.63) is 42.0 Å². The first kappa shape index (κ1) is 16.7. The van der Waals surface area contributed by atoms with Crippen molar-refractivity contribution in [1.29, 1.82) is 0 Å². The predicted octanol–water partition coefficient (Wildman–Crippen LogP) is 1.58. The van der Waals surface area contributed by atoms with Crippen LogP contribution in [0.15, 0.2) is 30.6 Å². The topological polar surface area (TPSA) is 86.1 Å². The lowest BCUT2D eigenvalue weighted by atomic mass is 10.1. The van der Waals surface area contributed by atoms with Gasteiger partial charge in [-0.15, -0.1) is 10.2 Å². The summed E-state index contributed by atoms with van der Waals surface area (Å²) in [5.74, 6) is 0.974. The molecule has 23 heavy (non-hydrogen) atoms. The Bertz CT molecular complexity index is 679. The van der Waals surface area contributed by atoms with Gasteiger partial charge in [0.1, 0.15) is 12.1 Å². The number of nitrogens with one attached hydrogen (secondary N) is 1. The molecule has 2 rings (SSSR count). The van der Waals surface area contributed by atoms with Gasteiger partial charge in [-0.1, -0.05) is 0 Å². The first-order valence-electron chi connectivity index (χ1n) is 7.43. The number of carbonyl (C=O) groups is 2. The smallest absolute Gasteiger partial charge is 0.261 e. The molecule has 7 nitrogen and oxygen atoms in total. The highest BCUT2D eigenvalue weighted by Gasteiger charge is 2.15. The molecule has 7 heteroatoms. The summed E-state index contributed by atoms with van der Waals surface area (Å²) in [5, 5.41) is 10.5. The third-order valence-corrected chi connectivity index (χ3v) is 3.40. The fraction of sp³-hybridized carbons (Fsp3) is 0.375. The number of aromatic nitrogens is 3. The van der Waals surface area contributed by atoms with Crippen LogP contribution < -0.4 is 10.1 Å². The van der Waals surface area contributed by atoms with E-state index in [1.165, 1.54) is 6.92 Å². The highest BCUT2D eigenvalue weighted by atomic mass is 16.5. The van der Waals surface area contributed by atoms with Crippen LogP contribution in [0.4, 0.5) is 0 Å². The number of Topliss-reactive ketones (excluding diaryl/α,β-unsaturated/α-hetero) is 1. The van der Waals surface area contributed by atoms with Crippen molar-refractivity contribution in [2.24, 2.45) is 0 Å². The van der Waals surface area contributed by atoms with E-state index in [0.29, 0.717) is 23.7 Å². The van der Waals surface area contributed by atoms with Gasteiger partial charge in [0.05, 0.1) is 6.54 Å². The molecule has 0 saturated heterocycles. The SMILES string of the molecule is CCn1cnnc1CNC(=O)C(C)Oc1ccc(C(C)=O)cc1. The Balaban J connectivity index is 1.88. The summed E-state index contributed by atoms with van der Waals surface area (Å²) in [7, 11) is 0. The monoisotopic (exact) mass is 316 g/mol. The Morgan fingerprint density at radius 3 is 2.61 bits per heavy atom. The maximum atomic E-state index is 12.1. The lowest BCUT2D eigenvalue weighted by Gasteiger charge is -2.15. The van der Waals surface area contributed by atoms with Crippen molar-refractivity contribution >= 4 is 11.7 Å². The zero-order valence-electron chi connectivity index (χ0n) is 13.4. The van der Waals surface area contributed by atoms with Crippen molar-refractivity contribution in [3.8, 4) is 5.75 Å². The van der Waals surface area contributed by atoms with E-state index in [1.54, 1.807) is 37.5 Å². The molecule has 0 bridgehead atoms. The number of hydrogen-bond donors (Lipinski definition) is 1. The van der Waals surface area contributed by atoms with Crippen LogP contribution in [0.1, 0.15) is 37.0 Å². The van der Waals surface area contributed by atoms with Gasteiger partial charge in [0.2, 0.25) is 0 Å². The standard InChI is InChI=1S/C16H20N4O3/c1-4-20-10-18-19-15(20)9-17-16(22)12(3)23-14-7-5-13(6-8-14)11(2)21/h5-8,10,12H,4,9H2,1-3H3,(H,17,22). The second kappa shape index (κ2) is 7.53. The van der Waals surface area contributed by atoms with Crippen LogP contribution in [0, 0.1) is 0 Å². The van der Waals surface area contributed by atoms with Crippen molar-refractivity contribution in [2.45, 2.75) is 40.0 Å². The number of ketones is 1. The van der Waals surface area contributed by atoms with Gasteiger partial charge in [-0.3, -0.25) is 9.59 Å². The maximum absolute atomic E-state index is 12.1. The van der Waals surface area contributed by atoms with Gasteiger partial charge in [-0.2, -0.15) is 0 Å². The van der Waals surface area contributed by atoms with E-state index >= 15 is 0 Å². The third-order valence-electron chi connectivity index (χ3n) is 3.40. The van der Waals surface area contributed by atoms with Crippen molar-refractivity contribution < 1.29 is 14.3 Å². The zero-order valence-corrected chi connectivity index (χ0v) is 13.4. The molecular formula is C16H20N4O3. The first-order valence-corrected chi connectivity index (χ1v) is 7.43. The summed E-state index contributed by atoms with van der Waals surface area (Å²) < 4.78 is 7.42. The zero-order chi connectivity index (χ0) is 16.8. The molecule has 1 N–H and O–H groups in total. The van der Waals surface area contributed by atoms with Crippen LogP contribution in [-0.4, -0.2) is 32.6 Å². The number of rotatable bonds is 7. The number of carbonyl (C=O) groups excluding carboxylic acids is 2. The molecule has 0 saturated carbocycles. The summed E-state index contributed by atoms with van der Waals surface area (Å²) in [6.45, 7) is 6.18. The summed E-state index contributed by atoms with van der Waals surface area (Å²) >= 11 is 0. The van der Waals surface area contributed by atoms with Gasteiger partial charge in [0.15, 0.2) is 17.7 Å². The van der Waals surface area contributed by atoms with Crippen LogP contribution in [0.2, 0.25) is 0 Å². The first-order chi connectivity index (χ1) is 11.0. The van der Waals surface area contributed by atoms with Crippen LogP contribution in [0.25, 0.3) is 0 Å². The molecule has 2 aromatic rings. The minimum absolute atomic E-state index is 0.0117. The largest absolute Gasteiger partial charge is 0.481 e. The Hall–Kier alpha value is -2.70. The minimum atomic E-state index is -0.656. The van der Waals surface area contributed by atoms with Gasteiger partial charge in [0.25, 0.3) is 5.91 Å². The number of benzene rings is 1. The van der Waals surface area contributed by atoms with Gasteiger partial charge >= 0.3 is 0 Å². The van der Waals surface area contributed by atoms with E-state index in [1.807, 2.05) is 11.5 Å². The van der Waals surface area contributed by atoms with E-state index in [9.17, 15) is 9.59 Å². The Kier molecular flexibility index (Phi) is 5.46. The van der Waals surface area contributed by atoms with E-state index in [4.69, 9.17) is 4.74 Å². The molecule has 1 aromatic heterocycles. The van der Waals surface area contributed by atoms with Gasteiger partial charge in [0, 0.05) is 12.1 Å². The summed E-state index contributed by atoms with van der Waals surface area (Å²) in [4.78, 5) is 23.3. The van der Waals surface area contributed by atoms with Gasteiger partial charge in [-0.25, -0.2) is 0 Å². The van der Waals surface area contributed by atoms with Crippen molar-refractivity contribution in [3.63, 3.8) is 0 Å². The van der Waals surface area contributed by atoms with Crippen molar-refractivity contribution in [1.82, 2.24) is 20.1 Å². The molecule has 0 aliphatic rings. The lowest BCUT2D eigenvalue weighted by molar-refractivity contribution is -0.127. The van der Waals surface area contributed by atoms with E-state index in [0.717, 1.165) is 6.54 Å². The molecule has 1 heterocycles. The van der Waals surface area contributed by atoms with Gasteiger partial charge in [-0.05, 0) is 45.0 Å². The molecule has 1 amide bonds. The number of amides is 1. The van der Waals surface area contributed by atoms with Gasteiger partial charge < -0.3 is 14.6 Å². The molecular weight excluding hydrogens is 296 g/mol. The summed E-state index contributed by atoms with van der Waals surface area (Å²) in [6.07, 6.45) is 0.967. The summed E-state index contributed by atoms with van der Waals surface area (Å²) in [5.41, 5.74) is 0.605. The normalized spacial score (nSPS) is 11.8. The summed E-state index contributed by atoms with van der Waals surface area (Å²) in [6, 6.07) is 6.69. The Labute approximate surface area is 134 Å². The number of nitrogens with zero attached hydrogens (tertiary/aromatic N) is 3.